The summed E-state index contributed by atoms with van der Waals surface area (Å²) in [6.45, 7) is 0.618. The molecule has 0 radical (unpaired) electrons. The molecule has 6 nitrogen and oxygen atoms in total. The van der Waals surface area contributed by atoms with Crippen molar-refractivity contribution in [3.63, 3.8) is 0 Å². The van der Waals surface area contributed by atoms with Gasteiger partial charge in [-0.2, -0.15) is 0 Å². The number of hydrogen-bond acceptors (Lipinski definition) is 6. The minimum absolute atomic E-state index is 0.133. The maximum atomic E-state index is 12.3. The fourth-order valence-electron chi connectivity index (χ4n) is 2.66. The minimum atomic E-state index is -0.133. The van der Waals surface area contributed by atoms with E-state index in [2.05, 4.69) is 20.3 Å². The summed E-state index contributed by atoms with van der Waals surface area (Å²) in [6, 6.07) is 0.171. The van der Waals surface area contributed by atoms with E-state index < -0.39 is 0 Å². The zero-order valence-corrected chi connectivity index (χ0v) is 12.3. The Morgan fingerprint density at radius 1 is 1.43 bits per heavy atom. The number of nitrogens with one attached hydrogen (secondary N) is 1. The lowest BCUT2D eigenvalue weighted by atomic mass is 10.0. The summed E-state index contributed by atoms with van der Waals surface area (Å²) in [4.78, 5) is 24.8. The second-order valence-electron chi connectivity index (χ2n) is 5.14. The van der Waals surface area contributed by atoms with Gasteiger partial charge in [0.2, 0.25) is 0 Å². The maximum absolute atomic E-state index is 12.3. The molecule has 0 saturated heterocycles. The summed E-state index contributed by atoms with van der Waals surface area (Å²) in [5, 5.41) is 5.51. The molecular weight excluding hydrogens is 286 g/mol. The number of aromatic nitrogens is 3. The molecule has 1 aliphatic rings. The molecule has 3 rings (SSSR count). The highest BCUT2D eigenvalue weighted by Crippen LogP contribution is 2.25. The van der Waals surface area contributed by atoms with E-state index in [1.165, 1.54) is 11.3 Å². The third-order valence-corrected chi connectivity index (χ3v) is 4.66. The topological polar surface area (TPSA) is 93.8 Å². The van der Waals surface area contributed by atoms with Gasteiger partial charge in [-0.15, -0.1) is 11.3 Å². The lowest BCUT2D eigenvalue weighted by Crippen LogP contribution is -2.40. The average molecular weight is 303 g/mol. The van der Waals surface area contributed by atoms with Gasteiger partial charge in [0.1, 0.15) is 16.4 Å². The van der Waals surface area contributed by atoms with Crippen LogP contribution in [0.25, 0.3) is 10.7 Å². The molecule has 1 fully saturated rings. The monoisotopic (exact) mass is 303 g/mol. The van der Waals surface area contributed by atoms with Gasteiger partial charge in [-0.1, -0.05) is 6.42 Å². The van der Waals surface area contributed by atoms with E-state index in [0.29, 0.717) is 28.9 Å². The molecule has 0 bridgehead atoms. The Hall–Kier alpha value is -1.86. The van der Waals surface area contributed by atoms with Crippen LogP contribution in [-0.4, -0.2) is 33.4 Å². The predicted octanol–water partition coefficient (Wildman–Crippen LogP) is 1.46. The second kappa shape index (κ2) is 6.28. The first-order valence-corrected chi connectivity index (χ1v) is 7.88. The van der Waals surface area contributed by atoms with Gasteiger partial charge in [-0.25, -0.2) is 4.98 Å². The highest BCUT2D eigenvalue weighted by molar-refractivity contribution is 7.13. The molecule has 0 spiro atoms. The van der Waals surface area contributed by atoms with Crippen molar-refractivity contribution in [3.8, 4) is 10.7 Å². The summed E-state index contributed by atoms with van der Waals surface area (Å²) in [5.41, 5.74) is 6.85. The van der Waals surface area contributed by atoms with Crippen molar-refractivity contribution in [2.75, 3.05) is 6.54 Å². The Morgan fingerprint density at radius 3 is 3.10 bits per heavy atom. The van der Waals surface area contributed by atoms with Crippen LogP contribution in [0.15, 0.2) is 24.0 Å². The number of amides is 1. The van der Waals surface area contributed by atoms with Crippen molar-refractivity contribution in [3.05, 3.63) is 29.7 Å². The van der Waals surface area contributed by atoms with E-state index in [9.17, 15) is 4.79 Å². The molecule has 1 amide bonds. The highest BCUT2D eigenvalue weighted by atomic mass is 32.1. The van der Waals surface area contributed by atoms with Crippen LogP contribution in [-0.2, 0) is 0 Å². The first-order valence-electron chi connectivity index (χ1n) is 7.01. The van der Waals surface area contributed by atoms with Crippen LogP contribution in [0.4, 0.5) is 0 Å². The van der Waals surface area contributed by atoms with Crippen LogP contribution in [0.2, 0.25) is 0 Å². The summed E-state index contributed by atoms with van der Waals surface area (Å²) in [7, 11) is 0. The van der Waals surface area contributed by atoms with E-state index in [4.69, 9.17) is 5.73 Å². The first kappa shape index (κ1) is 14.1. The molecule has 2 atom stereocenters. The Morgan fingerprint density at radius 2 is 2.33 bits per heavy atom. The van der Waals surface area contributed by atoms with Gasteiger partial charge in [0.15, 0.2) is 0 Å². The van der Waals surface area contributed by atoms with E-state index >= 15 is 0 Å². The van der Waals surface area contributed by atoms with Crippen LogP contribution < -0.4 is 11.1 Å². The number of hydrogen-bond donors (Lipinski definition) is 2. The smallest absolute Gasteiger partial charge is 0.271 e. The molecule has 2 heterocycles. The molecule has 2 aromatic heterocycles. The van der Waals surface area contributed by atoms with Gasteiger partial charge >= 0.3 is 0 Å². The first-order chi connectivity index (χ1) is 10.3. The standard InChI is InChI=1S/C14H17N5OS/c15-6-9-2-1-3-10(9)18-13(20)12-8-21-14(19-12)11-7-16-4-5-17-11/h4-5,7-10H,1-3,6,15H2,(H,18,20). The summed E-state index contributed by atoms with van der Waals surface area (Å²) >= 11 is 1.40. The molecular formula is C14H17N5OS. The van der Waals surface area contributed by atoms with Gasteiger partial charge in [0.25, 0.3) is 5.91 Å². The van der Waals surface area contributed by atoms with Gasteiger partial charge in [0.05, 0.1) is 6.20 Å². The van der Waals surface area contributed by atoms with Crippen molar-refractivity contribution in [2.24, 2.45) is 11.7 Å². The largest absolute Gasteiger partial charge is 0.348 e. The molecule has 21 heavy (non-hydrogen) atoms. The number of carbonyl (C=O) groups excluding carboxylic acids is 1. The lowest BCUT2D eigenvalue weighted by molar-refractivity contribution is 0.0924. The van der Waals surface area contributed by atoms with Crippen LogP contribution in [0, 0.1) is 5.92 Å². The van der Waals surface area contributed by atoms with Crippen molar-refractivity contribution in [1.29, 1.82) is 0 Å². The van der Waals surface area contributed by atoms with Gasteiger partial charge in [-0.05, 0) is 25.3 Å². The number of nitrogens with two attached hydrogens (primary N) is 1. The van der Waals surface area contributed by atoms with Crippen molar-refractivity contribution >= 4 is 17.2 Å². The van der Waals surface area contributed by atoms with Crippen molar-refractivity contribution in [2.45, 2.75) is 25.3 Å². The van der Waals surface area contributed by atoms with Crippen LogP contribution in [0.5, 0.6) is 0 Å². The van der Waals surface area contributed by atoms with Gasteiger partial charge in [-0.3, -0.25) is 14.8 Å². The Kier molecular flexibility index (Phi) is 4.21. The Bertz CT molecular complexity index is 615. The quantitative estimate of drug-likeness (QED) is 0.891. The van der Waals surface area contributed by atoms with E-state index in [0.717, 1.165) is 19.3 Å². The van der Waals surface area contributed by atoms with Gasteiger partial charge < -0.3 is 11.1 Å². The lowest BCUT2D eigenvalue weighted by Gasteiger charge is -2.18. The van der Waals surface area contributed by atoms with Gasteiger partial charge in [0, 0.05) is 23.8 Å². The van der Waals surface area contributed by atoms with E-state index in [1.807, 2.05) is 0 Å². The predicted molar refractivity (Wildman–Crippen MR) is 80.8 cm³/mol. The maximum Gasteiger partial charge on any atom is 0.271 e. The van der Waals surface area contributed by atoms with Crippen LogP contribution in [0.1, 0.15) is 29.8 Å². The van der Waals surface area contributed by atoms with Crippen LogP contribution in [0.3, 0.4) is 0 Å². The normalized spacial score (nSPS) is 21.4. The third kappa shape index (κ3) is 3.08. The van der Waals surface area contributed by atoms with Crippen LogP contribution >= 0.6 is 11.3 Å². The van der Waals surface area contributed by atoms with E-state index in [1.54, 1.807) is 24.0 Å². The molecule has 1 aliphatic carbocycles. The fraction of sp³-hybridized carbons (Fsp3) is 0.429. The summed E-state index contributed by atoms with van der Waals surface area (Å²) < 4.78 is 0. The molecule has 1 saturated carbocycles. The molecule has 110 valence electrons. The SMILES string of the molecule is NCC1CCCC1NC(=O)c1csc(-c2cnccn2)n1. The Labute approximate surface area is 126 Å². The Balaban J connectivity index is 1.70. The van der Waals surface area contributed by atoms with Crippen molar-refractivity contribution in [1.82, 2.24) is 20.3 Å². The zero-order valence-electron chi connectivity index (χ0n) is 11.5. The molecule has 2 aromatic rings. The highest BCUT2D eigenvalue weighted by Gasteiger charge is 2.28. The summed E-state index contributed by atoms with van der Waals surface area (Å²) in [5.74, 6) is 0.249. The number of nitrogens with zero attached hydrogens (tertiary/aromatic N) is 3. The average Bonchev–Trinajstić information content (AvgIpc) is 3.17. The number of carbonyl (C=O) groups is 1. The second-order valence-corrected chi connectivity index (χ2v) is 5.99. The molecule has 0 aliphatic heterocycles. The third-order valence-electron chi connectivity index (χ3n) is 3.80. The fourth-order valence-corrected chi connectivity index (χ4v) is 3.42. The van der Waals surface area contributed by atoms with E-state index in [-0.39, 0.29) is 11.9 Å². The molecule has 3 N–H and O–H groups in total. The van der Waals surface area contributed by atoms with Crippen molar-refractivity contribution < 1.29 is 4.79 Å². The summed E-state index contributed by atoms with van der Waals surface area (Å²) in [6.07, 6.45) is 8.06. The number of rotatable bonds is 4. The number of thiazole rings is 1. The zero-order chi connectivity index (χ0) is 14.7. The molecule has 0 aromatic carbocycles. The molecule has 7 heteroatoms. The molecule has 2 unspecified atom stereocenters. The minimum Gasteiger partial charge on any atom is -0.348 e.